The number of aldehydes is 1. The van der Waals surface area contributed by atoms with Gasteiger partial charge in [0.1, 0.15) is 0 Å². The molecule has 0 saturated heterocycles. The molecule has 2 nitrogen and oxygen atoms in total. The molecule has 2 heteroatoms. The van der Waals surface area contributed by atoms with Gasteiger partial charge in [0, 0.05) is 22.7 Å². The third-order valence-electron chi connectivity index (χ3n) is 2.71. The van der Waals surface area contributed by atoms with Gasteiger partial charge in [-0.1, -0.05) is 26.8 Å². The van der Waals surface area contributed by atoms with Gasteiger partial charge in [-0.25, -0.2) is 0 Å². The van der Waals surface area contributed by atoms with Crippen LogP contribution in [0.5, 0.6) is 0 Å². The molecule has 0 aliphatic rings. The molecule has 0 spiro atoms. The molecule has 1 aromatic carbocycles. The van der Waals surface area contributed by atoms with Crippen molar-refractivity contribution in [3.63, 3.8) is 0 Å². The van der Waals surface area contributed by atoms with Crippen molar-refractivity contribution in [2.75, 3.05) is 0 Å². The lowest BCUT2D eigenvalue weighted by Gasteiger charge is -2.18. The summed E-state index contributed by atoms with van der Waals surface area (Å²) in [4.78, 5) is 13.9. The van der Waals surface area contributed by atoms with E-state index >= 15 is 0 Å². The summed E-state index contributed by atoms with van der Waals surface area (Å²) in [5, 5.41) is 1.01. The summed E-state index contributed by atoms with van der Waals surface area (Å²) in [7, 11) is 0. The molecule has 0 aliphatic carbocycles. The molecule has 0 atom stereocenters. The highest BCUT2D eigenvalue weighted by atomic mass is 16.1. The molecule has 78 valence electrons. The lowest BCUT2D eigenvalue weighted by Crippen LogP contribution is -2.10. The molecule has 1 aromatic heterocycles. The predicted molar refractivity (Wildman–Crippen MR) is 62.4 cm³/mol. The fraction of sp³-hybridized carbons (Fsp3) is 0.308. The van der Waals surface area contributed by atoms with Gasteiger partial charge in [-0.15, -0.1) is 0 Å². The van der Waals surface area contributed by atoms with Crippen molar-refractivity contribution in [1.82, 2.24) is 4.98 Å². The van der Waals surface area contributed by atoms with Crippen LogP contribution in [0.15, 0.2) is 24.4 Å². The number of aromatic nitrogens is 1. The molecule has 0 radical (unpaired) electrons. The first-order valence-corrected chi connectivity index (χ1v) is 5.09. The summed E-state index contributed by atoms with van der Waals surface area (Å²) < 4.78 is 0. The summed E-state index contributed by atoms with van der Waals surface area (Å²) in [5.41, 5.74) is 3.12. The van der Waals surface area contributed by atoms with Gasteiger partial charge in [-0.2, -0.15) is 0 Å². The second-order valence-electron chi connectivity index (χ2n) is 4.87. The van der Waals surface area contributed by atoms with E-state index in [0.717, 1.165) is 22.8 Å². The molecule has 0 fully saturated rings. The van der Waals surface area contributed by atoms with Crippen LogP contribution in [0.3, 0.4) is 0 Å². The molecule has 2 rings (SSSR count). The van der Waals surface area contributed by atoms with Crippen molar-refractivity contribution < 1.29 is 4.79 Å². The third-order valence-corrected chi connectivity index (χ3v) is 2.71. The van der Waals surface area contributed by atoms with E-state index in [2.05, 4.69) is 37.9 Å². The van der Waals surface area contributed by atoms with E-state index in [0.29, 0.717) is 0 Å². The van der Waals surface area contributed by atoms with Gasteiger partial charge in [0.2, 0.25) is 0 Å². The minimum Gasteiger partial charge on any atom is -0.360 e. The van der Waals surface area contributed by atoms with E-state index in [-0.39, 0.29) is 5.41 Å². The number of carbonyl (C=O) groups is 1. The first-order valence-electron chi connectivity index (χ1n) is 5.09. The predicted octanol–water partition coefficient (Wildman–Crippen LogP) is 3.28. The number of hydrogen-bond donors (Lipinski definition) is 1. The van der Waals surface area contributed by atoms with Crippen LogP contribution in [-0.2, 0) is 5.41 Å². The topological polar surface area (TPSA) is 32.9 Å². The van der Waals surface area contributed by atoms with Crippen LogP contribution in [0.4, 0.5) is 0 Å². The zero-order chi connectivity index (χ0) is 11.1. The van der Waals surface area contributed by atoms with E-state index in [4.69, 9.17) is 0 Å². The summed E-state index contributed by atoms with van der Waals surface area (Å²) in [6.07, 6.45) is 2.65. The normalized spacial score (nSPS) is 11.9. The summed E-state index contributed by atoms with van der Waals surface area (Å²) in [5.74, 6) is 0. The quantitative estimate of drug-likeness (QED) is 0.706. The minimum absolute atomic E-state index is 0.117. The second kappa shape index (κ2) is 3.23. The van der Waals surface area contributed by atoms with Crippen molar-refractivity contribution in [1.29, 1.82) is 0 Å². The van der Waals surface area contributed by atoms with Gasteiger partial charge < -0.3 is 4.98 Å². The number of hydrogen-bond acceptors (Lipinski definition) is 1. The Labute approximate surface area is 89.3 Å². The van der Waals surface area contributed by atoms with Gasteiger partial charge in [0.25, 0.3) is 0 Å². The van der Waals surface area contributed by atoms with Crippen LogP contribution < -0.4 is 0 Å². The standard InChI is InChI=1S/C13H15NO/c1-13(2,3)10-4-5-12-11(6-10)9(8-15)7-14-12/h4-8,14H,1-3H3. The maximum atomic E-state index is 10.8. The molecule has 15 heavy (non-hydrogen) atoms. The number of H-pyrrole nitrogens is 1. The minimum atomic E-state index is 0.117. The highest BCUT2D eigenvalue weighted by Gasteiger charge is 2.14. The smallest absolute Gasteiger partial charge is 0.152 e. The molecule has 0 unspecified atom stereocenters. The van der Waals surface area contributed by atoms with Gasteiger partial charge in [0.05, 0.1) is 0 Å². The van der Waals surface area contributed by atoms with E-state index in [1.54, 1.807) is 6.20 Å². The summed E-state index contributed by atoms with van der Waals surface area (Å²) >= 11 is 0. The number of fused-ring (bicyclic) bond motifs is 1. The van der Waals surface area contributed by atoms with Crippen LogP contribution >= 0.6 is 0 Å². The van der Waals surface area contributed by atoms with Crippen LogP contribution in [0, 0.1) is 0 Å². The Hall–Kier alpha value is -1.57. The van der Waals surface area contributed by atoms with E-state index in [9.17, 15) is 4.79 Å². The fourth-order valence-electron chi connectivity index (χ4n) is 1.71. The Morgan fingerprint density at radius 3 is 2.60 bits per heavy atom. The highest BCUT2D eigenvalue weighted by molar-refractivity contribution is 5.97. The van der Waals surface area contributed by atoms with Crippen molar-refractivity contribution in [3.05, 3.63) is 35.5 Å². The Balaban J connectivity index is 2.68. The first kappa shape index (κ1) is 9.97. The average Bonchev–Trinajstić information content (AvgIpc) is 2.57. The largest absolute Gasteiger partial charge is 0.360 e. The van der Waals surface area contributed by atoms with Crippen molar-refractivity contribution in [3.8, 4) is 0 Å². The molecule has 0 saturated carbocycles. The first-order chi connectivity index (χ1) is 7.02. The Morgan fingerprint density at radius 2 is 2.00 bits per heavy atom. The lowest BCUT2D eigenvalue weighted by molar-refractivity contribution is 0.112. The lowest BCUT2D eigenvalue weighted by atomic mass is 9.86. The molecule has 0 bridgehead atoms. The molecular formula is C13H15NO. The number of rotatable bonds is 1. The Bertz CT molecular complexity index is 503. The fourth-order valence-corrected chi connectivity index (χ4v) is 1.71. The van der Waals surface area contributed by atoms with Gasteiger partial charge in [-0.3, -0.25) is 4.79 Å². The number of benzene rings is 1. The number of aromatic amines is 1. The van der Waals surface area contributed by atoms with E-state index in [1.807, 2.05) is 6.07 Å². The summed E-state index contributed by atoms with van der Waals surface area (Å²) in [6.45, 7) is 6.50. The van der Waals surface area contributed by atoms with Gasteiger partial charge >= 0.3 is 0 Å². The van der Waals surface area contributed by atoms with Crippen molar-refractivity contribution in [2.45, 2.75) is 26.2 Å². The molecule has 0 aliphatic heterocycles. The monoisotopic (exact) mass is 201 g/mol. The maximum absolute atomic E-state index is 10.8. The van der Waals surface area contributed by atoms with Crippen LogP contribution in [0.25, 0.3) is 10.9 Å². The van der Waals surface area contributed by atoms with Crippen LogP contribution in [0.1, 0.15) is 36.7 Å². The van der Waals surface area contributed by atoms with Gasteiger partial charge in [-0.05, 0) is 23.1 Å². The zero-order valence-corrected chi connectivity index (χ0v) is 9.29. The molecule has 1 N–H and O–H groups in total. The number of nitrogens with one attached hydrogen (secondary N) is 1. The average molecular weight is 201 g/mol. The third kappa shape index (κ3) is 1.67. The van der Waals surface area contributed by atoms with Crippen molar-refractivity contribution >= 4 is 17.2 Å². The van der Waals surface area contributed by atoms with E-state index < -0.39 is 0 Å². The maximum Gasteiger partial charge on any atom is 0.152 e. The second-order valence-corrected chi connectivity index (χ2v) is 4.87. The zero-order valence-electron chi connectivity index (χ0n) is 9.29. The van der Waals surface area contributed by atoms with Crippen LogP contribution in [-0.4, -0.2) is 11.3 Å². The molecule has 0 amide bonds. The SMILES string of the molecule is CC(C)(C)c1ccc2[nH]cc(C=O)c2c1. The molecule has 1 heterocycles. The van der Waals surface area contributed by atoms with Crippen LogP contribution in [0.2, 0.25) is 0 Å². The highest BCUT2D eigenvalue weighted by Crippen LogP contribution is 2.26. The van der Waals surface area contributed by atoms with Crippen molar-refractivity contribution in [2.24, 2.45) is 0 Å². The number of carbonyl (C=O) groups excluding carboxylic acids is 1. The molecular weight excluding hydrogens is 186 g/mol. The van der Waals surface area contributed by atoms with Gasteiger partial charge in [0.15, 0.2) is 6.29 Å². The molecule has 2 aromatic rings. The summed E-state index contributed by atoms with van der Waals surface area (Å²) in [6, 6.07) is 6.23. The van der Waals surface area contributed by atoms with E-state index in [1.165, 1.54) is 5.56 Å². The Morgan fingerprint density at radius 1 is 1.27 bits per heavy atom. The Kier molecular flexibility index (Phi) is 2.14.